The number of hydrogen-bond acceptors (Lipinski definition) is 12. The summed E-state index contributed by atoms with van der Waals surface area (Å²) in [7, 11) is 0. The van der Waals surface area contributed by atoms with E-state index in [1.54, 1.807) is 12.1 Å². The number of halogens is 2. The Labute approximate surface area is 486 Å². The molecule has 400 valence electrons. The SMILES string of the molecule is Clc1nc(Cl)nc(-c2cccn2Cc2ccccc2)n1.Nc1ccc2c(c1)-c1ccccc1C2=O.O=C1c2ccccc2-c2cc(Nc3nc(Nc4ccc5c(c4)-c4ccccc4C5=O)nc(-c4cccn4Cc4ccccc4)n3)ccc21. The Bertz CT molecular complexity index is 4380. The molecule has 0 saturated heterocycles. The molecule has 8 aromatic carbocycles. The van der Waals surface area contributed by atoms with Crippen molar-refractivity contribution < 1.29 is 14.4 Å². The topological polar surface area (TPSA) is 188 Å². The predicted molar refractivity (Wildman–Crippen MR) is 325 cm³/mol. The summed E-state index contributed by atoms with van der Waals surface area (Å²) in [6.07, 6.45) is 3.98. The average molecular weight is 1120 g/mol. The highest BCUT2D eigenvalue weighted by Gasteiger charge is 2.29. The van der Waals surface area contributed by atoms with Crippen molar-refractivity contribution in [2.24, 2.45) is 0 Å². The number of ketones is 3. The van der Waals surface area contributed by atoms with Crippen molar-refractivity contribution in [3.8, 4) is 56.4 Å². The standard InChI is InChI=1S/C40H26N6O2.C14H10Cl2N4.C13H9NO/c47-36-29-13-6-4-11-27(29)33-21-25(16-18-31(33)36)41-39-43-38(35-15-8-20-46(35)23-24-9-2-1-3-10-24)44-40(45-39)42-26-17-19-32-34(22-26)28-12-5-7-14-30(28)37(32)48;15-13-17-12(18-14(16)19-13)11-7-4-8-20(11)9-10-5-2-1-3-6-10;14-8-5-6-11-12(7-8)9-3-1-2-4-10(9)13(11)15/h1-22H,23H2,(H2,41,42,43,44,45);1-8H,9H2;1-7H,14H2. The molecule has 0 aliphatic heterocycles. The van der Waals surface area contributed by atoms with E-state index in [9.17, 15) is 14.4 Å². The van der Waals surface area contributed by atoms with Gasteiger partial charge in [-0.1, -0.05) is 133 Å². The van der Waals surface area contributed by atoms with Crippen molar-refractivity contribution in [3.05, 3.63) is 280 Å². The number of fused-ring (bicyclic) bond motifs is 9. The maximum Gasteiger partial charge on any atom is 0.232 e. The summed E-state index contributed by atoms with van der Waals surface area (Å²) >= 11 is 11.6. The highest BCUT2D eigenvalue weighted by Crippen LogP contribution is 2.41. The monoisotopic (exact) mass is 1120 g/mol. The van der Waals surface area contributed by atoms with Crippen molar-refractivity contribution in [1.82, 2.24) is 39.0 Å². The van der Waals surface area contributed by atoms with Gasteiger partial charge in [0.05, 0.1) is 11.4 Å². The fourth-order valence-corrected chi connectivity index (χ4v) is 11.0. The molecule has 4 heterocycles. The number of benzene rings is 8. The highest BCUT2D eigenvalue weighted by molar-refractivity contribution is 6.31. The van der Waals surface area contributed by atoms with Crippen LogP contribution in [0.2, 0.25) is 10.6 Å². The van der Waals surface area contributed by atoms with Crippen molar-refractivity contribution >= 4 is 69.5 Å². The third-order valence-electron chi connectivity index (χ3n) is 14.4. The molecule has 0 amide bonds. The molecule has 0 radical (unpaired) electrons. The molecule has 4 aromatic heterocycles. The van der Waals surface area contributed by atoms with Crippen LogP contribution in [0.5, 0.6) is 0 Å². The minimum Gasteiger partial charge on any atom is -0.399 e. The first-order valence-corrected chi connectivity index (χ1v) is 27.2. The number of aromatic nitrogens is 8. The van der Waals surface area contributed by atoms with Crippen LogP contribution in [-0.2, 0) is 13.1 Å². The van der Waals surface area contributed by atoms with Crippen LogP contribution in [0.15, 0.2) is 225 Å². The number of rotatable bonds is 10. The van der Waals surface area contributed by atoms with Crippen molar-refractivity contribution in [2.75, 3.05) is 16.4 Å². The van der Waals surface area contributed by atoms with E-state index in [1.807, 2.05) is 193 Å². The summed E-state index contributed by atoms with van der Waals surface area (Å²) in [5.41, 5.74) is 21.7. The van der Waals surface area contributed by atoms with E-state index < -0.39 is 0 Å². The van der Waals surface area contributed by atoms with Gasteiger partial charge in [-0.25, -0.2) is 0 Å². The number of carbonyl (C=O) groups excluding carboxylic acids is 3. The van der Waals surface area contributed by atoms with E-state index in [1.165, 1.54) is 5.56 Å². The van der Waals surface area contributed by atoms with Gasteiger partial charge in [0.15, 0.2) is 29.0 Å². The molecular weight excluding hydrogens is 1080 g/mol. The molecular formula is C67H45Cl2N11O3. The second-order valence-electron chi connectivity index (χ2n) is 19.7. The van der Waals surface area contributed by atoms with Crippen LogP contribution in [0.3, 0.4) is 0 Å². The molecule has 14 nitrogen and oxygen atoms in total. The Kier molecular flexibility index (Phi) is 13.8. The van der Waals surface area contributed by atoms with Gasteiger partial charge in [0.25, 0.3) is 0 Å². The van der Waals surface area contributed by atoms with Gasteiger partial charge in [-0.3, -0.25) is 14.4 Å². The number of nitrogens with one attached hydrogen (secondary N) is 2. The zero-order chi connectivity index (χ0) is 56.6. The second kappa shape index (κ2) is 22.1. The van der Waals surface area contributed by atoms with Gasteiger partial charge in [-0.2, -0.15) is 29.9 Å². The van der Waals surface area contributed by atoms with Crippen LogP contribution in [0.25, 0.3) is 56.4 Å². The molecule has 0 bridgehead atoms. The Morgan fingerprint density at radius 3 is 1.14 bits per heavy atom. The fourth-order valence-electron chi connectivity index (χ4n) is 10.6. The maximum atomic E-state index is 13.0. The van der Waals surface area contributed by atoms with E-state index in [4.69, 9.17) is 43.9 Å². The predicted octanol–water partition coefficient (Wildman–Crippen LogP) is 14.5. The lowest BCUT2D eigenvalue weighted by Crippen LogP contribution is -2.08. The summed E-state index contributed by atoms with van der Waals surface area (Å²) in [4.78, 5) is 64.4. The first-order chi connectivity index (χ1) is 40.6. The van der Waals surface area contributed by atoms with Crippen LogP contribution in [0.4, 0.5) is 29.0 Å². The summed E-state index contributed by atoms with van der Waals surface area (Å²) in [5.74, 6) is 1.79. The zero-order valence-corrected chi connectivity index (χ0v) is 45.4. The third-order valence-corrected chi connectivity index (χ3v) is 14.8. The molecule has 3 aliphatic carbocycles. The van der Waals surface area contributed by atoms with Crippen LogP contribution in [0, 0.1) is 0 Å². The molecule has 3 aliphatic rings. The smallest absolute Gasteiger partial charge is 0.232 e. The van der Waals surface area contributed by atoms with Crippen molar-refractivity contribution in [3.63, 3.8) is 0 Å². The van der Waals surface area contributed by atoms with E-state index in [2.05, 4.69) is 54.4 Å². The fraction of sp³-hybridized carbons (Fsp3) is 0.0299. The van der Waals surface area contributed by atoms with Gasteiger partial charge in [0, 0.05) is 75.9 Å². The molecule has 15 rings (SSSR count). The van der Waals surface area contributed by atoms with E-state index in [0.717, 1.165) is 79.4 Å². The van der Waals surface area contributed by atoms with Gasteiger partial charge in [-0.05, 0) is 147 Å². The first kappa shape index (κ1) is 51.7. The maximum absolute atomic E-state index is 13.0. The lowest BCUT2D eigenvalue weighted by atomic mass is 10.1. The average Bonchev–Trinajstić information content (AvgIpc) is 4.19. The van der Waals surface area contributed by atoms with Crippen molar-refractivity contribution in [1.29, 1.82) is 0 Å². The number of nitrogens with zero attached hydrogens (tertiary/aromatic N) is 8. The van der Waals surface area contributed by atoms with Crippen LogP contribution in [-0.4, -0.2) is 56.4 Å². The Balaban J connectivity index is 0.000000149. The van der Waals surface area contributed by atoms with Gasteiger partial charge < -0.3 is 25.5 Å². The minimum atomic E-state index is 0.0268. The summed E-state index contributed by atoms with van der Waals surface area (Å²) < 4.78 is 4.14. The Morgan fingerprint density at radius 2 is 0.711 bits per heavy atom. The van der Waals surface area contributed by atoms with Gasteiger partial charge in [-0.15, -0.1) is 0 Å². The van der Waals surface area contributed by atoms with Gasteiger partial charge >= 0.3 is 0 Å². The molecule has 0 spiro atoms. The molecule has 83 heavy (non-hydrogen) atoms. The van der Waals surface area contributed by atoms with E-state index in [-0.39, 0.29) is 27.9 Å². The number of nitrogen functional groups attached to an aromatic ring is 1. The van der Waals surface area contributed by atoms with Crippen molar-refractivity contribution in [2.45, 2.75) is 13.1 Å². The highest BCUT2D eigenvalue weighted by atomic mass is 35.5. The molecule has 4 N–H and O–H groups in total. The number of nitrogens with two attached hydrogens (primary N) is 1. The quantitative estimate of drug-likeness (QED) is 0.110. The molecule has 0 fully saturated rings. The molecule has 12 aromatic rings. The first-order valence-electron chi connectivity index (χ1n) is 26.4. The summed E-state index contributed by atoms with van der Waals surface area (Å²) in [6, 6.07) is 67.9. The summed E-state index contributed by atoms with van der Waals surface area (Å²) in [6.45, 7) is 1.38. The minimum absolute atomic E-state index is 0.0268. The normalized spacial score (nSPS) is 12.0. The molecule has 0 unspecified atom stereocenters. The molecule has 16 heteroatoms. The van der Waals surface area contributed by atoms with Gasteiger partial charge in [0.1, 0.15) is 0 Å². The zero-order valence-electron chi connectivity index (χ0n) is 43.9. The molecule has 0 atom stereocenters. The van der Waals surface area contributed by atoms with E-state index >= 15 is 0 Å². The lowest BCUT2D eigenvalue weighted by Gasteiger charge is -2.13. The largest absolute Gasteiger partial charge is 0.399 e. The Morgan fingerprint density at radius 1 is 0.349 bits per heavy atom. The summed E-state index contributed by atoms with van der Waals surface area (Å²) in [5, 5.41) is 6.92. The Hall–Kier alpha value is -10.7. The van der Waals surface area contributed by atoms with Gasteiger partial charge in [0.2, 0.25) is 22.5 Å². The number of carbonyl (C=O) groups is 3. The lowest BCUT2D eigenvalue weighted by molar-refractivity contribution is 0.103. The van der Waals surface area contributed by atoms with Crippen LogP contribution in [0.1, 0.15) is 58.9 Å². The van der Waals surface area contributed by atoms with E-state index in [0.29, 0.717) is 58.0 Å². The third kappa shape index (κ3) is 10.4. The number of hydrogen-bond donors (Lipinski definition) is 3. The molecule has 0 saturated carbocycles. The number of anilines is 5. The van der Waals surface area contributed by atoms with Crippen LogP contribution >= 0.6 is 23.2 Å². The second-order valence-corrected chi connectivity index (χ2v) is 20.4. The van der Waals surface area contributed by atoms with Crippen LogP contribution < -0.4 is 16.4 Å².